The van der Waals surface area contributed by atoms with E-state index in [2.05, 4.69) is 5.32 Å². The Morgan fingerprint density at radius 1 is 1.28 bits per heavy atom. The average Bonchev–Trinajstić information content (AvgIpc) is 2.23. The minimum Gasteiger partial charge on any atom is -0.481 e. The number of amides is 1. The van der Waals surface area contributed by atoms with Crippen LogP contribution in [0.15, 0.2) is 18.2 Å². The highest BCUT2D eigenvalue weighted by molar-refractivity contribution is 5.92. The van der Waals surface area contributed by atoms with Gasteiger partial charge in [-0.25, -0.2) is 0 Å². The molecular weight excluding hydrogens is 230 g/mol. The lowest BCUT2D eigenvalue weighted by Gasteiger charge is -2.12. The first-order chi connectivity index (χ1) is 8.40. The van der Waals surface area contributed by atoms with Gasteiger partial charge >= 0.3 is 5.97 Å². The Bertz CT molecular complexity index is 454. The predicted molar refractivity (Wildman–Crippen MR) is 70.6 cm³/mol. The lowest BCUT2D eigenvalue weighted by Crippen LogP contribution is -2.17. The van der Waals surface area contributed by atoms with Crippen molar-refractivity contribution in [3.63, 3.8) is 0 Å². The largest absolute Gasteiger partial charge is 0.481 e. The summed E-state index contributed by atoms with van der Waals surface area (Å²) < 4.78 is 0. The summed E-state index contributed by atoms with van der Waals surface area (Å²) in [4.78, 5) is 22.3. The number of aliphatic carboxylic acids is 1. The van der Waals surface area contributed by atoms with Gasteiger partial charge in [-0.2, -0.15) is 0 Å². The minimum absolute atomic E-state index is 0.0141. The third-order valence-electron chi connectivity index (χ3n) is 2.94. The van der Waals surface area contributed by atoms with E-state index in [0.29, 0.717) is 0 Å². The van der Waals surface area contributed by atoms with Gasteiger partial charge in [0, 0.05) is 18.5 Å². The number of hydrogen-bond acceptors (Lipinski definition) is 2. The smallest absolute Gasteiger partial charge is 0.303 e. The topological polar surface area (TPSA) is 66.4 Å². The van der Waals surface area contributed by atoms with Gasteiger partial charge in [0.1, 0.15) is 0 Å². The summed E-state index contributed by atoms with van der Waals surface area (Å²) in [7, 11) is 0. The van der Waals surface area contributed by atoms with Crippen LogP contribution in [0.1, 0.15) is 30.9 Å². The highest BCUT2D eigenvalue weighted by Gasteiger charge is 2.13. The summed E-state index contributed by atoms with van der Waals surface area (Å²) in [6, 6.07) is 5.72. The molecule has 0 spiro atoms. The molecule has 1 atom stereocenters. The quantitative estimate of drug-likeness (QED) is 0.843. The molecule has 98 valence electrons. The molecule has 0 saturated carbocycles. The Morgan fingerprint density at radius 2 is 1.94 bits per heavy atom. The molecule has 0 aliphatic carbocycles. The van der Waals surface area contributed by atoms with Crippen molar-refractivity contribution in [1.82, 2.24) is 0 Å². The van der Waals surface area contributed by atoms with Gasteiger partial charge in [-0.15, -0.1) is 0 Å². The average molecular weight is 249 g/mol. The molecule has 1 rings (SSSR count). The van der Waals surface area contributed by atoms with E-state index in [9.17, 15) is 9.59 Å². The van der Waals surface area contributed by atoms with Gasteiger partial charge < -0.3 is 10.4 Å². The third-order valence-corrected chi connectivity index (χ3v) is 2.94. The molecule has 1 aromatic carbocycles. The number of carbonyl (C=O) groups excluding carboxylic acids is 1. The molecule has 1 unspecified atom stereocenters. The SMILES string of the molecule is Cc1cccc(NC(=O)CC(C)CC(=O)O)c1C. The molecule has 4 nitrogen and oxygen atoms in total. The van der Waals surface area contributed by atoms with E-state index in [1.54, 1.807) is 6.92 Å². The molecular formula is C14H19NO3. The van der Waals surface area contributed by atoms with E-state index in [4.69, 9.17) is 5.11 Å². The molecule has 0 heterocycles. The lowest BCUT2D eigenvalue weighted by atomic mass is 10.0. The van der Waals surface area contributed by atoms with Gasteiger partial charge in [-0.1, -0.05) is 19.1 Å². The second kappa shape index (κ2) is 6.19. The van der Waals surface area contributed by atoms with Crippen molar-refractivity contribution in [2.75, 3.05) is 5.32 Å². The van der Waals surface area contributed by atoms with Crippen LogP contribution in [0.2, 0.25) is 0 Å². The molecule has 2 N–H and O–H groups in total. The summed E-state index contributed by atoms with van der Waals surface area (Å²) in [6.45, 7) is 5.69. The van der Waals surface area contributed by atoms with Crippen LogP contribution in [0.25, 0.3) is 0 Å². The maximum Gasteiger partial charge on any atom is 0.303 e. The fraction of sp³-hybridized carbons (Fsp3) is 0.429. The number of hydrogen-bond donors (Lipinski definition) is 2. The van der Waals surface area contributed by atoms with Gasteiger partial charge in [-0.3, -0.25) is 9.59 Å². The van der Waals surface area contributed by atoms with Gasteiger partial charge in [0.25, 0.3) is 0 Å². The number of carboxylic acids is 1. The second-order valence-electron chi connectivity index (χ2n) is 4.70. The molecule has 0 aliphatic rings. The summed E-state index contributed by atoms with van der Waals surface area (Å²) in [5, 5.41) is 11.5. The lowest BCUT2D eigenvalue weighted by molar-refractivity contribution is -0.138. The van der Waals surface area contributed by atoms with Gasteiger partial charge in [0.15, 0.2) is 0 Å². The van der Waals surface area contributed by atoms with E-state index in [1.807, 2.05) is 32.0 Å². The van der Waals surface area contributed by atoms with E-state index < -0.39 is 5.97 Å². The normalized spacial score (nSPS) is 11.9. The molecule has 0 aliphatic heterocycles. The van der Waals surface area contributed by atoms with Crippen molar-refractivity contribution in [2.45, 2.75) is 33.6 Å². The standard InChI is InChI=1S/C14H19NO3/c1-9(8-14(17)18)7-13(16)15-12-6-4-5-10(2)11(12)3/h4-6,9H,7-8H2,1-3H3,(H,15,16)(H,17,18). The zero-order valence-corrected chi connectivity index (χ0v) is 11.0. The zero-order valence-electron chi connectivity index (χ0n) is 11.0. The number of anilines is 1. The maximum absolute atomic E-state index is 11.8. The molecule has 1 aromatic rings. The van der Waals surface area contributed by atoms with Crippen molar-refractivity contribution in [2.24, 2.45) is 5.92 Å². The van der Waals surface area contributed by atoms with Gasteiger partial charge in [0.05, 0.1) is 0 Å². The third kappa shape index (κ3) is 4.20. The van der Waals surface area contributed by atoms with Crippen molar-refractivity contribution in [1.29, 1.82) is 0 Å². The summed E-state index contributed by atoms with van der Waals surface area (Å²) in [5.74, 6) is -1.17. The highest BCUT2D eigenvalue weighted by Crippen LogP contribution is 2.19. The van der Waals surface area contributed by atoms with Crippen LogP contribution in [-0.2, 0) is 9.59 Å². The fourth-order valence-electron chi connectivity index (χ4n) is 1.77. The second-order valence-corrected chi connectivity index (χ2v) is 4.70. The Kier molecular flexibility index (Phi) is 4.89. The first kappa shape index (κ1) is 14.2. The molecule has 0 radical (unpaired) electrons. The predicted octanol–water partition coefficient (Wildman–Crippen LogP) is 2.74. The number of aryl methyl sites for hydroxylation is 1. The molecule has 0 bridgehead atoms. The number of carboxylic acid groups (broad SMARTS) is 1. The molecule has 0 saturated heterocycles. The van der Waals surface area contributed by atoms with Crippen LogP contribution in [0.4, 0.5) is 5.69 Å². The van der Waals surface area contributed by atoms with Crippen LogP contribution in [0.3, 0.4) is 0 Å². The van der Waals surface area contributed by atoms with Crippen molar-refractivity contribution < 1.29 is 14.7 Å². The maximum atomic E-state index is 11.8. The fourth-order valence-corrected chi connectivity index (χ4v) is 1.77. The van der Waals surface area contributed by atoms with Crippen molar-refractivity contribution >= 4 is 17.6 Å². The Morgan fingerprint density at radius 3 is 2.56 bits per heavy atom. The first-order valence-corrected chi connectivity index (χ1v) is 5.98. The van der Waals surface area contributed by atoms with Crippen LogP contribution in [0.5, 0.6) is 0 Å². The summed E-state index contributed by atoms with van der Waals surface area (Å²) >= 11 is 0. The number of nitrogens with one attached hydrogen (secondary N) is 1. The Balaban J connectivity index is 2.59. The molecule has 4 heteroatoms. The monoisotopic (exact) mass is 249 g/mol. The van der Waals surface area contributed by atoms with E-state index in [1.165, 1.54) is 0 Å². The van der Waals surface area contributed by atoms with Gasteiger partial charge in [0.2, 0.25) is 5.91 Å². The molecule has 0 aromatic heterocycles. The zero-order chi connectivity index (χ0) is 13.7. The first-order valence-electron chi connectivity index (χ1n) is 5.98. The van der Waals surface area contributed by atoms with Crippen LogP contribution in [0, 0.1) is 19.8 Å². The van der Waals surface area contributed by atoms with E-state index in [0.717, 1.165) is 16.8 Å². The molecule has 0 fully saturated rings. The molecule has 18 heavy (non-hydrogen) atoms. The highest BCUT2D eigenvalue weighted by atomic mass is 16.4. The number of rotatable bonds is 5. The van der Waals surface area contributed by atoms with Crippen molar-refractivity contribution in [3.05, 3.63) is 29.3 Å². The van der Waals surface area contributed by atoms with Crippen LogP contribution >= 0.6 is 0 Å². The van der Waals surface area contributed by atoms with Crippen molar-refractivity contribution in [3.8, 4) is 0 Å². The Labute approximate surface area is 107 Å². The minimum atomic E-state index is -0.873. The summed E-state index contributed by atoms with van der Waals surface area (Å²) in [6.07, 6.45) is 0.236. The summed E-state index contributed by atoms with van der Waals surface area (Å²) in [5.41, 5.74) is 2.95. The number of carbonyl (C=O) groups is 2. The van der Waals surface area contributed by atoms with E-state index in [-0.39, 0.29) is 24.7 Å². The number of benzene rings is 1. The van der Waals surface area contributed by atoms with Crippen LogP contribution < -0.4 is 5.32 Å². The Hall–Kier alpha value is -1.84. The molecule has 1 amide bonds. The van der Waals surface area contributed by atoms with Gasteiger partial charge in [-0.05, 0) is 37.0 Å². The van der Waals surface area contributed by atoms with Crippen LogP contribution in [-0.4, -0.2) is 17.0 Å². The van der Waals surface area contributed by atoms with E-state index >= 15 is 0 Å².